The van der Waals surface area contributed by atoms with E-state index in [1.54, 1.807) is 0 Å². The Bertz CT molecular complexity index is 869. The molecule has 7 heteroatoms. The van der Waals surface area contributed by atoms with Crippen LogP contribution in [0, 0.1) is 5.82 Å². The van der Waals surface area contributed by atoms with Crippen molar-refractivity contribution in [1.82, 2.24) is 10.2 Å². The summed E-state index contributed by atoms with van der Waals surface area (Å²) in [6.45, 7) is 3.82. The van der Waals surface area contributed by atoms with Gasteiger partial charge >= 0.3 is 0 Å². The number of benzene rings is 2. The highest BCUT2D eigenvalue weighted by Crippen LogP contribution is 2.19. The molecule has 1 heterocycles. The zero-order valence-electron chi connectivity index (χ0n) is 16.0. The van der Waals surface area contributed by atoms with Crippen LogP contribution in [-0.4, -0.2) is 48.8 Å². The molecule has 1 amide bonds. The summed E-state index contributed by atoms with van der Waals surface area (Å²) in [6.07, 6.45) is 2.83. The lowest BCUT2D eigenvalue weighted by Gasteiger charge is -2.27. The van der Waals surface area contributed by atoms with Crippen molar-refractivity contribution >= 4 is 23.6 Å². The van der Waals surface area contributed by atoms with Gasteiger partial charge in [0.2, 0.25) is 5.91 Å². The van der Waals surface area contributed by atoms with Crippen LogP contribution in [0.15, 0.2) is 48.5 Å². The zero-order chi connectivity index (χ0) is 20.6. The molecule has 0 radical (unpaired) electrons. The number of amides is 1. The first-order valence-electron chi connectivity index (χ1n) is 9.48. The number of carbonyl (C=O) groups excluding carboxylic acids is 1. The maximum atomic E-state index is 13.1. The van der Waals surface area contributed by atoms with E-state index in [4.69, 9.17) is 16.3 Å². The van der Waals surface area contributed by atoms with Crippen molar-refractivity contribution in [3.8, 4) is 0 Å². The average Bonchev–Trinajstić information content (AvgIpc) is 2.72. The van der Waals surface area contributed by atoms with Crippen LogP contribution in [0.5, 0.6) is 0 Å². The first-order valence-corrected chi connectivity index (χ1v) is 9.86. The van der Waals surface area contributed by atoms with Gasteiger partial charge in [-0.2, -0.15) is 0 Å². The minimum Gasteiger partial charge on any atom is -0.394 e. The lowest BCUT2D eigenvalue weighted by molar-refractivity contribution is -0.117. The van der Waals surface area contributed by atoms with Gasteiger partial charge in [-0.25, -0.2) is 4.39 Å². The van der Waals surface area contributed by atoms with E-state index in [1.807, 2.05) is 24.3 Å². The van der Waals surface area contributed by atoms with Crippen molar-refractivity contribution in [3.63, 3.8) is 0 Å². The fourth-order valence-electron chi connectivity index (χ4n) is 3.18. The number of carbonyl (C=O) groups is 1. The summed E-state index contributed by atoms with van der Waals surface area (Å²) in [6, 6.07) is 11.3. The lowest BCUT2D eigenvalue weighted by Crippen LogP contribution is -2.35. The molecule has 1 atom stereocenters. The third-order valence-corrected chi connectivity index (χ3v) is 5.07. The summed E-state index contributed by atoms with van der Waals surface area (Å²) < 4.78 is 18.5. The SMILES string of the molecule is O=C(C=Cc1ccc(F)cc1Cl)NC(CO)c1cccc(CN2CCOCC2)c1. The second kappa shape index (κ2) is 10.5. The summed E-state index contributed by atoms with van der Waals surface area (Å²) in [4.78, 5) is 14.6. The van der Waals surface area contributed by atoms with Crippen LogP contribution >= 0.6 is 11.6 Å². The molecule has 0 saturated carbocycles. The Morgan fingerprint density at radius 3 is 2.79 bits per heavy atom. The molecule has 29 heavy (non-hydrogen) atoms. The number of rotatable bonds is 7. The van der Waals surface area contributed by atoms with E-state index in [-0.39, 0.29) is 17.5 Å². The summed E-state index contributed by atoms with van der Waals surface area (Å²) in [5.41, 5.74) is 2.49. The van der Waals surface area contributed by atoms with E-state index >= 15 is 0 Å². The summed E-state index contributed by atoms with van der Waals surface area (Å²) in [5.74, 6) is -0.808. The molecule has 2 aromatic rings. The van der Waals surface area contributed by atoms with Gasteiger partial charge in [0.25, 0.3) is 0 Å². The average molecular weight is 419 g/mol. The van der Waals surface area contributed by atoms with Crippen LogP contribution < -0.4 is 5.32 Å². The van der Waals surface area contributed by atoms with E-state index in [9.17, 15) is 14.3 Å². The molecule has 1 aliphatic heterocycles. The third-order valence-electron chi connectivity index (χ3n) is 4.74. The maximum absolute atomic E-state index is 13.1. The molecule has 2 aromatic carbocycles. The first kappa shape index (κ1) is 21.5. The Balaban J connectivity index is 1.63. The summed E-state index contributed by atoms with van der Waals surface area (Å²) in [7, 11) is 0. The normalized spacial score (nSPS) is 16.1. The van der Waals surface area contributed by atoms with Gasteiger partial charge in [-0.05, 0) is 34.9 Å². The molecule has 0 spiro atoms. The molecule has 1 aliphatic rings. The second-order valence-corrected chi connectivity index (χ2v) is 7.28. The van der Waals surface area contributed by atoms with Gasteiger partial charge < -0.3 is 15.2 Å². The molecule has 0 aliphatic carbocycles. The predicted molar refractivity (Wildman–Crippen MR) is 111 cm³/mol. The third kappa shape index (κ3) is 6.37. The fraction of sp³-hybridized carbons (Fsp3) is 0.318. The van der Waals surface area contributed by atoms with Crippen molar-refractivity contribution < 1.29 is 19.0 Å². The highest BCUT2D eigenvalue weighted by Gasteiger charge is 2.15. The number of ether oxygens (including phenoxy) is 1. The van der Waals surface area contributed by atoms with Gasteiger partial charge in [0.05, 0.1) is 30.9 Å². The Morgan fingerprint density at radius 1 is 1.28 bits per heavy atom. The van der Waals surface area contributed by atoms with E-state index < -0.39 is 11.9 Å². The number of aliphatic hydroxyl groups is 1. The fourth-order valence-corrected chi connectivity index (χ4v) is 3.41. The standard InChI is InChI=1S/C22H24ClFN2O3/c23-20-13-19(24)6-4-17(20)5-7-22(28)25-21(15-27)18-3-1-2-16(12-18)14-26-8-10-29-11-9-26/h1-7,12-13,21,27H,8-11,14-15H2,(H,25,28). The van der Waals surface area contributed by atoms with Crippen LogP contribution in [0.2, 0.25) is 5.02 Å². The van der Waals surface area contributed by atoms with E-state index in [0.717, 1.165) is 44.0 Å². The van der Waals surface area contributed by atoms with Gasteiger partial charge in [0, 0.05) is 25.7 Å². The molecule has 1 saturated heterocycles. The largest absolute Gasteiger partial charge is 0.394 e. The molecule has 0 bridgehead atoms. The van der Waals surface area contributed by atoms with Gasteiger partial charge in [-0.1, -0.05) is 41.9 Å². The van der Waals surface area contributed by atoms with Crippen molar-refractivity contribution in [2.24, 2.45) is 0 Å². The minimum absolute atomic E-state index is 0.224. The first-order chi connectivity index (χ1) is 14.0. The Labute approximate surface area is 174 Å². The smallest absolute Gasteiger partial charge is 0.244 e. The molecule has 1 unspecified atom stereocenters. The maximum Gasteiger partial charge on any atom is 0.244 e. The van der Waals surface area contributed by atoms with Crippen molar-refractivity contribution in [3.05, 3.63) is 76.1 Å². The highest BCUT2D eigenvalue weighted by atomic mass is 35.5. The minimum atomic E-state index is -0.527. The monoisotopic (exact) mass is 418 g/mol. The Morgan fingerprint density at radius 2 is 2.07 bits per heavy atom. The zero-order valence-corrected chi connectivity index (χ0v) is 16.7. The quantitative estimate of drug-likeness (QED) is 0.678. The van der Waals surface area contributed by atoms with Crippen molar-refractivity contribution in [2.75, 3.05) is 32.9 Å². The molecular weight excluding hydrogens is 395 g/mol. The van der Waals surface area contributed by atoms with Crippen LogP contribution in [0.4, 0.5) is 4.39 Å². The van der Waals surface area contributed by atoms with Gasteiger partial charge in [-0.15, -0.1) is 0 Å². The van der Waals surface area contributed by atoms with Crippen LogP contribution in [0.25, 0.3) is 6.08 Å². The lowest BCUT2D eigenvalue weighted by atomic mass is 10.0. The van der Waals surface area contributed by atoms with E-state index in [1.165, 1.54) is 30.4 Å². The molecule has 3 rings (SSSR count). The molecule has 0 aromatic heterocycles. The molecule has 154 valence electrons. The number of nitrogens with zero attached hydrogens (tertiary/aromatic N) is 1. The van der Waals surface area contributed by atoms with Crippen molar-refractivity contribution in [2.45, 2.75) is 12.6 Å². The Hall–Kier alpha value is -2.25. The van der Waals surface area contributed by atoms with Crippen LogP contribution in [-0.2, 0) is 16.1 Å². The number of nitrogens with one attached hydrogen (secondary N) is 1. The second-order valence-electron chi connectivity index (χ2n) is 6.88. The molecular formula is C22H24ClFN2O3. The van der Waals surface area contributed by atoms with Gasteiger partial charge in [0.15, 0.2) is 0 Å². The summed E-state index contributed by atoms with van der Waals surface area (Å²) in [5, 5.41) is 12.8. The number of hydrogen-bond donors (Lipinski definition) is 2. The van der Waals surface area contributed by atoms with Gasteiger partial charge in [0.1, 0.15) is 5.82 Å². The number of aliphatic hydroxyl groups excluding tert-OH is 1. The van der Waals surface area contributed by atoms with E-state index in [2.05, 4.69) is 10.2 Å². The van der Waals surface area contributed by atoms with Crippen molar-refractivity contribution in [1.29, 1.82) is 0 Å². The number of morpholine rings is 1. The topological polar surface area (TPSA) is 61.8 Å². The number of hydrogen-bond acceptors (Lipinski definition) is 4. The van der Waals surface area contributed by atoms with Crippen LogP contribution in [0.1, 0.15) is 22.7 Å². The van der Waals surface area contributed by atoms with Gasteiger partial charge in [-0.3, -0.25) is 9.69 Å². The molecule has 5 nitrogen and oxygen atoms in total. The molecule has 2 N–H and O–H groups in total. The highest BCUT2D eigenvalue weighted by molar-refractivity contribution is 6.32. The summed E-state index contributed by atoms with van der Waals surface area (Å²) >= 11 is 5.96. The molecule has 1 fully saturated rings. The predicted octanol–water partition coefficient (Wildman–Crippen LogP) is 3.17. The van der Waals surface area contributed by atoms with Crippen LogP contribution in [0.3, 0.4) is 0 Å². The Kier molecular flexibility index (Phi) is 7.77. The van der Waals surface area contributed by atoms with E-state index in [0.29, 0.717) is 5.56 Å². The number of halogens is 2.